The molecule has 1 heterocycles. The highest BCUT2D eigenvalue weighted by Crippen LogP contribution is 2.41. The van der Waals surface area contributed by atoms with E-state index in [2.05, 4.69) is 17.6 Å². The highest BCUT2D eigenvalue weighted by Gasteiger charge is 2.37. The van der Waals surface area contributed by atoms with Gasteiger partial charge in [0, 0.05) is 36.9 Å². The Bertz CT molecular complexity index is 1910. The number of ketones is 1. The first-order valence-electron chi connectivity index (χ1n) is 21.3. The zero-order chi connectivity index (χ0) is 45.3. The van der Waals surface area contributed by atoms with E-state index in [9.17, 15) is 37.5 Å². The number of carbonyl (C=O) groups excluding carboxylic acids is 5. The maximum Gasteiger partial charge on any atom is 0.407 e. The number of aliphatic hydroxyl groups excluding tert-OH is 1. The molecule has 0 aliphatic carbocycles. The molecule has 0 aromatic heterocycles. The molecule has 340 valence electrons. The number of fused-ring (bicyclic) bond motifs is 5. The first-order chi connectivity index (χ1) is 28.8. The largest absolute Gasteiger partial charge is 0.493 e. The van der Waals surface area contributed by atoms with Crippen LogP contribution in [0.3, 0.4) is 0 Å². The lowest BCUT2D eigenvalue weighted by Crippen LogP contribution is -2.46. The molecule has 2 aromatic rings. The molecule has 0 saturated carbocycles. The Kier molecular flexibility index (Phi) is 20.0. The number of hydrogen-bond donors (Lipinski definition) is 3. The molecule has 0 saturated heterocycles. The topological polar surface area (TPSA) is 204 Å². The second kappa shape index (κ2) is 24.1. The van der Waals surface area contributed by atoms with Crippen LogP contribution in [0.1, 0.15) is 110 Å². The molecule has 0 radical (unpaired) electrons. The minimum Gasteiger partial charge on any atom is -0.493 e. The lowest BCUT2D eigenvalue weighted by atomic mass is 9.89. The number of amides is 3. The van der Waals surface area contributed by atoms with E-state index < -0.39 is 81.4 Å². The summed E-state index contributed by atoms with van der Waals surface area (Å²) in [4.78, 5) is 68.8. The summed E-state index contributed by atoms with van der Waals surface area (Å²) in [6.07, 6.45) is 4.97. The van der Waals surface area contributed by atoms with Gasteiger partial charge in [-0.15, -0.1) is 0 Å². The van der Waals surface area contributed by atoms with Gasteiger partial charge in [0.2, 0.25) is 11.8 Å². The Labute approximate surface area is 361 Å². The molecule has 3 N–H and O–H groups in total. The minimum absolute atomic E-state index is 0.0256. The third kappa shape index (κ3) is 15.9. The van der Waals surface area contributed by atoms with Crippen molar-refractivity contribution in [3.05, 3.63) is 47.5 Å². The summed E-state index contributed by atoms with van der Waals surface area (Å²) in [6, 6.07) is 7.75. The van der Waals surface area contributed by atoms with Gasteiger partial charge in [-0.05, 0) is 69.0 Å². The van der Waals surface area contributed by atoms with Crippen LogP contribution in [0.2, 0.25) is 0 Å². The lowest BCUT2D eigenvalue weighted by molar-refractivity contribution is -0.146. The zero-order valence-electron chi connectivity index (χ0n) is 37.2. The zero-order valence-corrected chi connectivity index (χ0v) is 38.0. The van der Waals surface area contributed by atoms with E-state index in [0.717, 1.165) is 37.0 Å². The molecule has 15 nitrogen and oxygen atoms in total. The average Bonchev–Trinajstić information content (AvgIpc) is 3.20. The summed E-state index contributed by atoms with van der Waals surface area (Å²) < 4.78 is 49.3. The van der Waals surface area contributed by atoms with E-state index in [0.29, 0.717) is 53.2 Å². The predicted molar refractivity (Wildman–Crippen MR) is 232 cm³/mol. The van der Waals surface area contributed by atoms with Crippen molar-refractivity contribution >= 4 is 39.5 Å². The van der Waals surface area contributed by atoms with Crippen molar-refractivity contribution in [2.75, 3.05) is 52.0 Å². The number of likely N-dealkylation sites (N-methyl/N-ethyl adjacent to an activating group) is 1. The molecule has 4 bridgehead atoms. The summed E-state index contributed by atoms with van der Waals surface area (Å²) in [5.41, 5.74) is 1.22. The number of aliphatic hydroxyl groups is 1. The number of rotatable bonds is 20. The molecule has 1 aliphatic heterocycles. The number of sulfone groups is 1. The molecule has 61 heavy (non-hydrogen) atoms. The van der Waals surface area contributed by atoms with Crippen molar-refractivity contribution in [3.8, 4) is 22.6 Å². The molecular weight excluding hydrogens is 807 g/mol. The van der Waals surface area contributed by atoms with E-state index in [4.69, 9.17) is 18.9 Å². The number of nitrogens with zero attached hydrogens (tertiary/aromatic N) is 1. The number of carbonyl (C=O) groups is 5. The predicted octanol–water partition coefficient (Wildman–Crippen LogP) is 5.74. The van der Waals surface area contributed by atoms with E-state index in [1.165, 1.54) is 21.1 Å². The summed E-state index contributed by atoms with van der Waals surface area (Å²) in [5, 5.41) is 15.8. The van der Waals surface area contributed by atoms with Crippen molar-refractivity contribution < 1.29 is 56.4 Å². The Morgan fingerprint density at radius 2 is 1.56 bits per heavy atom. The van der Waals surface area contributed by atoms with Crippen molar-refractivity contribution in [1.29, 1.82) is 0 Å². The molecule has 0 spiro atoms. The van der Waals surface area contributed by atoms with Crippen LogP contribution < -0.4 is 20.1 Å². The van der Waals surface area contributed by atoms with Crippen LogP contribution >= 0.6 is 0 Å². The average molecular weight is 874 g/mol. The molecule has 0 unspecified atom stereocenters. The van der Waals surface area contributed by atoms with E-state index in [1.807, 2.05) is 6.92 Å². The summed E-state index contributed by atoms with van der Waals surface area (Å²) in [7, 11) is -1.16. The van der Waals surface area contributed by atoms with Gasteiger partial charge in [0.25, 0.3) is 0 Å². The number of benzene rings is 2. The second-order valence-electron chi connectivity index (χ2n) is 16.7. The SMILES string of the molecule is CCCCCCCCS(=O)(=O)C[C@@H](CO)C(=O)N(C)[C@@H]1C(=O)C[C@@H](C)C(=O)N[C@H](C(=O)OC)Cc2ccc(OCCNC(=O)OC(C)(C)C)c(c2)-c2cc1ccc2OCCC. The molecule has 16 heteroatoms. The monoisotopic (exact) mass is 873 g/mol. The number of unbranched alkanes of at least 4 members (excludes halogenated alkanes) is 5. The lowest BCUT2D eigenvalue weighted by Gasteiger charge is -2.32. The fourth-order valence-corrected chi connectivity index (χ4v) is 8.73. The van der Waals surface area contributed by atoms with E-state index in [1.54, 1.807) is 57.2 Å². The number of methoxy groups -OCH3 is 1. The van der Waals surface area contributed by atoms with Gasteiger partial charge in [-0.25, -0.2) is 18.0 Å². The fourth-order valence-electron chi connectivity index (χ4n) is 7.06. The number of nitrogens with one attached hydrogen (secondary N) is 2. The van der Waals surface area contributed by atoms with Gasteiger partial charge in [-0.1, -0.05) is 65.0 Å². The van der Waals surface area contributed by atoms with Gasteiger partial charge in [0.15, 0.2) is 15.6 Å². The first-order valence-corrected chi connectivity index (χ1v) is 23.1. The Morgan fingerprint density at radius 1 is 0.918 bits per heavy atom. The van der Waals surface area contributed by atoms with Crippen molar-refractivity contribution in [2.24, 2.45) is 11.8 Å². The van der Waals surface area contributed by atoms with Gasteiger partial charge in [0.1, 0.15) is 35.8 Å². The van der Waals surface area contributed by atoms with E-state index in [-0.39, 0.29) is 31.7 Å². The minimum atomic E-state index is -3.75. The van der Waals surface area contributed by atoms with Gasteiger partial charge in [0.05, 0.1) is 44.3 Å². The maximum atomic E-state index is 14.5. The molecule has 3 rings (SSSR count). The highest BCUT2D eigenvalue weighted by atomic mass is 32.2. The number of esters is 1. The highest BCUT2D eigenvalue weighted by molar-refractivity contribution is 7.91. The van der Waals surface area contributed by atoms with Crippen LogP contribution in [-0.2, 0) is 44.9 Å². The van der Waals surface area contributed by atoms with Crippen molar-refractivity contribution in [3.63, 3.8) is 0 Å². The summed E-state index contributed by atoms with van der Waals surface area (Å²) in [5.74, 6) is -4.84. The molecule has 0 fully saturated rings. The first kappa shape index (κ1) is 50.7. The number of alkyl carbamates (subject to hydrolysis) is 1. The molecule has 1 aliphatic rings. The summed E-state index contributed by atoms with van der Waals surface area (Å²) in [6.45, 7) is 10.5. The van der Waals surface area contributed by atoms with Crippen molar-refractivity contribution in [1.82, 2.24) is 15.5 Å². The van der Waals surface area contributed by atoms with Crippen LogP contribution in [0.5, 0.6) is 11.5 Å². The Morgan fingerprint density at radius 3 is 2.20 bits per heavy atom. The van der Waals surface area contributed by atoms with Crippen LogP contribution in [0.15, 0.2) is 36.4 Å². The van der Waals surface area contributed by atoms with Gasteiger partial charge >= 0.3 is 12.1 Å². The fraction of sp³-hybridized carbons (Fsp3) is 0.622. The van der Waals surface area contributed by atoms with Gasteiger partial charge in [-0.2, -0.15) is 0 Å². The quantitative estimate of drug-likeness (QED) is 0.108. The number of Topliss-reactive ketones (excluding diaryl/α,β-unsaturated/α-hetero) is 1. The van der Waals surface area contributed by atoms with Crippen LogP contribution in [0.25, 0.3) is 11.1 Å². The second-order valence-corrected chi connectivity index (χ2v) is 18.9. The van der Waals surface area contributed by atoms with Crippen LogP contribution in [-0.4, -0.2) is 112 Å². The van der Waals surface area contributed by atoms with Crippen LogP contribution in [0, 0.1) is 11.8 Å². The molecule has 3 amide bonds. The van der Waals surface area contributed by atoms with Gasteiger partial charge < -0.3 is 39.6 Å². The molecule has 2 aromatic carbocycles. The van der Waals surface area contributed by atoms with Crippen LogP contribution in [0.4, 0.5) is 4.79 Å². The standard InChI is InChI=1S/C45H67N3O12S/c1-9-11-12-13-14-15-23-61(55,56)29-33(28-49)42(52)48(7)40-32-17-19-39(58-21-10-2)35(27-32)34-25-31(16-18-38(34)59-22-20-46-44(54)60-45(4,5)6)26-36(43(53)57-8)47-41(51)30(3)24-37(40)50/h16-19,25,27,30,33,36,40,49H,9-15,20-24,26,28-29H2,1-8H3,(H,46,54)(H,47,51)/t30-,33-,36+,40+/m1/s1. The Hall–Kier alpha value is -4.70. The summed E-state index contributed by atoms with van der Waals surface area (Å²) >= 11 is 0. The third-order valence-corrected chi connectivity index (χ3v) is 12.0. The van der Waals surface area contributed by atoms with E-state index >= 15 is 0 Å². The number of hydrogen-bond acceptors (Lipinski definition) is 12. The molecule has 4 atom stereocenters. The number of ether oxygens (including phenoxy) is 4. The molecular formula is C45H67N3O12S. The van der Waals surface area contributed by atoms with Crippen molar-refractivity contribution in [2.45, 2.75) is 117 Å². The van der Waals surface area contributed by atoms with Gasteiger partial charge in [-0.3, -0.25) is 14.4 Å². The third-order valence-electron chi connectivity index (χ3n) is 10.2. The maximum absolute atomic E-state index is 14.5. The smallest absolute Gasteiger partial charge is 0.407 e. The normalized spacial score (nSPS) is 17.6. The Balaban J connectivity index is 2.15.